The number of H-pyrrole nitrogens is 1. The van der Waals surface area contributed by atoms with E-state index in [0.717, 1.165) is 66.5 Å². The molecule has 0 bridgehead atoms. The number of aromatic amines is 1. The first kappa shape index (κ1) is 25.7. The minimum atomic E-state index is 0.215. The molecule has 1 aliphatic rings. The number of nitrogens with one attached hydrogen (secondary N) is 1. The summed E-state index contributed by atoms with van der Waals surface area (Å²) in [7, 11) is 0. The third kappa shape index (κ3) is 5.59. The van der Waals surface area contributed by atoms with Gasteiger partial charge in [0.15, 0.2) is 0 Å². The number of halogens is 1. The normalized spacial score (nSPS) is 20.9. The first-order chi connectivity index (χ1) is 16.3. The van der Waals surface area contributed by atoms with Gasteiger partial charge in [0.25, 0.3) is 0 Å². The van der Waals surface area contributed by atoms with E-state index in [4.69, 9.17) is 38.8 Å². The van der Waals surface area contributed by atoms with Crippen molar-refractivity contribution in [1.82, 2.24) is 15.0 Å². The van der Waals surface area contributed by atoms with Gasteiger partial charge in [-0.3, -0.25) is 4.99 Å². The summed E-state index contributed by atoms with van der Waals surface area (Å²) in [4.78, 5) is 17.4. The van der Waals surface area contributed by atoms with Gasteiger partial charge in [-0.05, 0) is 55.4 Å². The predicted molar refractivity (Wildman–Crippen MR) is 143 cm³/mol. The van der Waals surface area contributed by atoms with Crippen LogP contribution >= 0.6 is 11.6 Å². The average molecular weight is 482 g/mol. The maximum atomic E-state index is 6.73. The molecule has 2 heterocycles. The summed E-state index contributed by atoms with van der Waals surface area (Å²) in [5.41, 5.74) is 22.6. The molecule has 0 saturated heterocycles. The Hall–Kier alpha value is -2.90. The summed E-state index contributed by atoms with van der Waals surface area (Å²) < 4.78 is 0. The highest BCUT2D eigenvalue weighted by molar-refractivity contribution is 6.36. The molecule has 2 unspecified atom stereocenters. The molecule has 0 amide bonds. The average Bonchev–Trinajstić information content (AvgIpc) is 3.32. The Morgan fingerprint density at radius 1 is 1.32 bits per heavy atom. The van der Waals surface area contributed by atoms with Crippen molar-refractivity contribution < 1.29 is 0 Å². The highest BCUT2D eigenvalue weighted by atomic mass is 35.5. The highest BCUT2D eigenvalue weighted by Gasteiger charge is 2.50. The Morgan fingerprint density at radius 3 is 2.62 bits per heavy atom. The summed E-state index contributed by atoms with van der Waals surface area (Å²) >= 11 is 6.73. The molecule has 0 aromatic carbocycles. The second-order valence-electron chi connectivity index (χ2n) is 8.99. The molecule has 1 fully saturated rings. The van der Waals surface area contributed by atoms with Crippen LogP contribution in [0.4, 0.5) is 0 Å². The lowest BCUT2D eigenvalue weighted by molar-refractivity contribution is 0.407. The largest absolute Gasteiger partial charge is 0.404 e. The van der Waals surface area contributed by atoms with Crippen molar-refractivity contribution in [2.75, 3.05) is 0 Å². The second kappa shape index (κ2) is 11.0. The Labute approximate surface area is 207 Å². The number of nitrogens with zero attached hydrogens (tertiary/aromatic N) is 3. The minimum Gasteiger partial charge on any atom is -0.404 e. The quantitative estimate of drug-likeness (QED) is 0.259. The summed E-state index contributed by atoms with van der Waals surface area (Å²) in [5.74, 6) is 0.648. The molecule has 0 aliphatic heterocycles. The Bertz CT molecular complexity index is 1160. The number of hydrogen-bond acceptors (Lipinski definition) is 6. The van der Waals surface area contributed by atoms with Crippen molar-refractivity contribution in [2.45, 2.75) is 64.8 Å². The lowest BCUT2D eigenvalue weighted by Gasteiger charge is -2.15. The lowest BCUT2D eigenvalue weighted by Crippen LogP contribution is -2.15. The van der Waals surface area contributed by atoms with Gasteiger partial charge in [-0.25, -0.2) is 9.97 Å². The van der Waals surface area contributed by atoms with Gasteiger partial charge in [0, 0.05) is 24.4 Å². The van der Waals surface area contributed by atoms with Crippen LogP contribution in [0.3, 0.4) is 0 Å². The van der Waals surface area contributed by atoms with E-state index in [2.05, 4.69) is 37.0 Å². The summed E-state index contributed by atoms with van der Waals surface area (Å²) in [6, 6.07) is 0.271. The van der Waals surface area contributed by atoms with E-state index in [-0.39, 0.29) is 11.5 Å². The molecule has 2 aromatic heterocycles. The van der Waals surface area contributed by atoms with Crippen LogP contribution in [-0.4, -0.2) is 27.2 Å². The maximum Gasteiger partial charge on any atom is 0.143 e. The molecule has 34 heavy (non-hydrogen) atoms. The summed E-state index contributed by atoms with van der Waals surface area (Å²) in [6.45, 7) is 11.7. The van der Waals surface area contributed by atoms with Crippen LogP contribution in [0.1, 0.15) is 56.7 Å². The second-order valence-corrected chi connectivity index (χ2v) is 9.37. The van der Waals surface area contributed by atoms with Crippen LogP contribution in [0.25, 0.3) is 11.0 Å². The molecule has 7 N–H and O–H groups in total. The Morgan fingerprint density at radius 2 is 2.06 bits per heavy atom. The van der Waals surface area contributed by atoms with E-state index in [1.165, 1.54) is 6.20 Å². The van der Waals surface area contributed by atoms with Gasteiger partial charge < -0.3 is 22.2 Å². The number of fused-ring (bicyclic) bond motifs is 1. The highest BCUT2D eigenvalue weighted by Crippen LogP contribution is 2.52. The fraction of sp³-hybridized carbons (Fsp3) is 0.423. The SMILES string of the molecule is C=C\C=N/C(=C/C(=C\N)Cc1nc(CCC2(CCC)CC2N)c2c(Cl)c(CC)[nH]c2n1)C(=C)N. The van der Waals surface area contributed by atoms with Crippen LogP contribution in [0.15, 0.2) is 53.5 Å². The predicted octanol–water partition coefficient (Wildman–Crippen LogP) is 4.62. The van der Waals surface area contributed by atoms with Gasteiger partial charge in [-0.2, -0.15) is 0 Å². The van der Waals surface area contributed by atoms with Crippen molar-refractivity contribution in [3.63, 3.8) is 0 Å². The first-order valence-electron chi connectivity index (χ1n) is 11.8. The van der Waals surface area contributed by atoms with Crippen LogP contribution in [-0.2, 0) is 19.3 Å². The van der Waals surface area contributed by atoms with Crippen LogP contribution in [0, 0.1) is 5.41 Å². The zero-order chi connectivity index (χ0) is 24.9. The molecule has 2 aromatic rings. The summed E-state index contributed by atoms with van der Waals surface area (Å²) in [5, 5.41) is 1.61. The van der Waals surface area contributed by atoms with E-state index >= 15 is 0 Å². The van der Waals surface area contributed by atoms with Crippen LogP contribution in [0.2, 0.25) is 5.02 Å². The molecule has 7 nitrogen and oxygen atoms in total. The molecule has 0 spiro atoms. The monoisotopic (exact) mass is 481 g/mol. The van der Waals surface area contributed by atoms with E-state index in [9.17, 15) is 0 Å². The van der Waals surface area contributed by atoms with Crippen molar-refractivity contribution in [1.29, 1.82) is 0 Å². The topological polar surface area (TPSA) is 132 Å². The molecule has 0 radical (unpaired) electrons. The van der Waals surface area contributed by atoms with Crippen LogP contribution in [0.5, 0.6) is 0 Å². The fourth-order valence-corrected chi connectivity index (χ4v) is 4.92. The molecule has 2 atom stereocenters. The van der Waals surface area contributed by atoms with Crippen molar-refractivity contribution in [3.05, 3.63) is 70.7 Å². The number of aromatic nitrogens is 3. The molecule has 3 rings (SSSR count). The smallest absolute Gasteiger partial charge is 0.143 e. The van der Waals surface area contributed by atoms with E-state index in [1.54, 1.807) is 18.4 Å². The lowest BCUT2D eigenvalue weighted by atomic mass is 9.92. The standard InChI is InChI=1S/C26H36ClN7/c1-5-9-26(14-21(26)30)10-8-19-23-24(27)18(7-3)33-25(23)34-22(32-19)13-17(15-28)12-20(16(4)29)31-11-6-2/h6,11-12,15,21H,2,4-5,7-10,13-14,28-30H2,1,3H3,(H,32,33,34)/b17-15+,20-12+,31-11-. The molecular weight excluding hydrogens is 446 g/mol. The number of hydrogen-bond donors (Lipinski definition) is 4. The van der Waals surface area contributed by atoms with Gasteiger partial charge in [-0.1, -0.05) is 51.1 Å². The van der Waals surface area contributed by atoms with Crippen LogP contribution < -0.4 is 17.2 Å². The number of nitrogens with two attached hydrogens (primary N) is 3. The van der Waals surface area contributed by atoms with Crippen molar-refractivity contribution in [2.24, 2.45) is 27.6 Å². The molecule has 182 valence electrons. The van der Waals surface area contributed by atoms with Crippen molar-refractivity contribution in [3.8, 4) is 0 Å². The van der Waals surface area contributed by atoms with E-state index in [1.807, 2.05) is 0 Å². The Kier molecular flexibility index (Phi) is 8.33. The molecule has 1 saturated carbocycles. The number of rotatable bonds is 12. The van der Waals surface area contributed by atoms with Gasteiger partial charge in [0.1, 0.15) is 11.5 Å². The van der Waals surface area contributed by atoms with Gasteiger partial charge in [0.2, 0.25) is 0 Å². The Balaban J connectivity index is 1.97. The zero-order valence-electron chi connectivity index (χ0n) is 20.2. The van der Waals surface area contributed by atoms with Gasteiger partial charge in [0.05, 0.1) is 27.5 Å². The third-order valence-electron chi connectivity index (χ3n) is 6.54. The van der Waals surface area contributed by atoms with Gasteiger partial charge in [-0.15, -0.1) is 0 Å². The zero-order valence-corrected chi connectivity index (χ0v) is 21.0. The molecular formula is C26H36ClN7. The first-order valence-corrected chi connectivity index (χ1v) is 12.2. The summed E-state index contributed by atoms with van der Waals surface area (Å²) in [6.07, 6.45) is 12.8. The number of aryl methyl sites for hydroxylation is 2. The van der Waals surface area contributed by atoms with E-state index < -0.39 is 0 Å². The fourth-order valence-electron chi connectivity index (χ4n) is 4.54. The van der Waals surface area contributed by atoms with E-state index in [0.29, 0.717) is 28.7 Å². The molecule has 1 aliphatic carbocycles. The maximum absolute atomic E-state index is 6.73. The minimum absolute atomic E-state index is 0.215. The number of allylic oxidation sites excluding steroid dienone is 3. The molecule has 8 heteroatoms. The van der Waals surface area contributed by atoms with Gasteiger partial charge >= 0.3 is 0 Å². The third-order valence-corrected chi connectivity index (χ3v) is 6.96. The number of aliphatic imine (C=N–C) groups is 1. The van der Waals surface area contributed by atoms with Crippen molar-refractivity contribution >= 4 is 28.8 Å².